The van der Waals surface area contributed by atoms with Gasteiger partial charge in [-0.3, -0.25) is 4.79 Å². The standard InChI is InChI=1S/C17H16N2O/c1-19(11-13-7-3-2-4-8-13)12-15-14-9-5-6-10-16(14)18-17(15)20/h2-10,12H,11H2,1H3,(H,18,20)/b15-12+. The minimum Gasteiger partial charge on any atom is -0.375 e. The third kappa shape index (κ3) is 2.43. The zero-order valence-electron chi connectivity index (χ0n) is 11.3. The predicted molar refractivity (Wildman–Crippen MR) is 81.0 cm³/mol. The minimum atomic E-state index is -0.0360. The Balaban J connectivity index is 1.83. The lowest BCUT2D eigenvalue weighted by Crippen LogP contribution is -2.13. The number of carbonyl (C=O) groups is 1. The van der Waals surface area contributed by atoms with Gasteiger partial charge in [0.1, 0.15) is 0 Å². The van der Waals surface area contributed by atoms with Crippen LogP contribution in [0.1, 0.15) is 11.1 Å². The number of carbonyl (C=O) groups excluding carboxylic acids is 1. The number of nitrogens with zero attached hydrogens (tertiary/aromatic N) is 1. The number of fused-ring (bicyclic) bond motifs is 1. The summed E-state index contributed by atoms with van der Waals surface area (Å²) in [6.07, 6.45) is 1.91. The average Bonchev–Trinajstić information content (AvgIpc) is 2.76. The lowest BCUT2D eigenvalue weighted by atomic mass is 10.1. The van der Waals surface area contributed by atoms with Gasteiger partial charge in [-0.2, -0.15) is 0 Å². The summed E-state index contributed by atoms with van der Waals surface area (Å²) in [7, 11) is 1.98. The number of anilines is 1. The Bertz CT molecular complexity index is 662. The topological polar surface area (TPSA) is 32.3 Å². The highest BCUT2D eigenvalue weighted by Crippen LogP contribution is 2.31. The first kappa shape index (κ1) is 12.5. The van der Waals surface area contributed by atoms with Gasteiger partial charge in [0, 0.05) is 31.0 Å². The SMILES string of the molecule is CN(/C=C1/C(=O)Nc2ccccc21)Cc1ccccc1. The van der Waals surface area contributed by atoms with Crippen molar-refractivity contribution in [3.05, 3.63) is 71.9 Å². The highest BCUT2D eigenvalue weighted by molar-refractivity contribution is 6.31. The van der Waals surface area contributed by atoms with Crippen molar-refractivity contribution in [3.8, 4) is 0 Å². The number of hydrogen-bond acceptors (Lipinski definition) is 2. The van der Waals surface area contributed by atoms with Gasteiger partial charge in [-0.1, -0.05) is 48.5 Å². The predicted octanol–water partition coefficient (Wildman–Crippen LogP) is 3.11. The molecule has 3 nitrogen and oxygen atoms in total. The second-order valence-electron chi connectivity index (χ2n) is 4.94. The van der Waals surface area contributed by atoms with Crippen molar-refractivity contribution in [3.63, 3.8) is 0 Å². The van der Waals surface area contributed by atoms with Crippen molar-refractivity contribution in [2.75, 3.05) is 12.4 Å². The molecule has 100 valence electrons. The van der Waals surface area contributed by atoms with Crippen LogP contribution in [0.4, 0.5) is 5.69 Å². The lowest BCUT2D eigenvalue weighted by molar-refractivity contribution is -0.110. The monoisotopic (exact) mass is 264 g/mol. The Kier molecular flexibility index (Phi) is 3.25. The van der Waals surface area contributed by atoms with Crippen LogP contribution in [0.3, 0.4) is 0 Å². The molecule has 3 rings (SSSR count). The summed E-state index contributed by atoms with van der Waals surface area (Å²) in [5, 5.41) is 2.88. The molecule has 0 unspecified atom stereocenters. The number of nitrogens with one attached hydrogen (secondary N) is 1. The Labute approximate surface area is 118 Å². The van der Waals surface area contributed by atoms with E-state index in [9.17, 15) is 4.79 Å². The van der Waals surface area contributed by atoms with E-state index in [1.807, 2.05) is 60.6 Å². The molecule has 1 aliphatic rings. The Morgan fingerprint density at radius 2 is 1.75 bits per heavy atom. The summed E-state index contributed by atoms with van der Waals surface area (Å²) in [5.41, 5.74) is 3.80. The summed E-state index contributed by atoms with van der Waals surface area (Å²) < 4.78 is 0. The zero-order valence-corrected chi connectivity index (χ0v) is 11.3. The summed E-state index contributed by atoms with van der Waals surface area (Å²) in [6.45, 7) is 0.778. The molecule has 1 aliphatic heterocycles. The maximum absolute atomic E-state index is 12.0. The van der Waals surface area contributed by atoms with E-state index in [4.69, 9.17) is 0 Å². The Hall–Kier alpha value is -2.55. The first-order valence-electron chi connectivity index (χ1n) is 6.61. The maximum Gasteiger partial charge on any atom is 0.257 e. The molecule has 0 saturated heterocycles. The van der Waals surface area contributed by atoms with Gasteiger partial charge >= 0.3 is 0 Å². The van der Waals surface area contributed by atoms with E-state index in [0.717, 1.165) is 23.4 Å². The molecule has 20 heavy (non-hydrogen) atoms. The highest BCUT2D eigenvalue weighted by atomic mass is 16.2. The van der Waals surface area contributed by atoms with Crippen LogP contribution < -0.4 is 5.32 Å². The van der Waals surface area contributed by atoms with Crippen molar-refractivity contribution >= 4 is 17.2 Å². The fourth-order valence-electron chi connectivity index (χ4n) is 2.40. The van der Waals surface area contributed by atoms with E-state index in [2.05, 4.69) is 17.4 Å². The van der Waals surface area contributed by atoms with E-state index in [0.29, 0.717) is 0 Å². The van der Waals surface area contributed by atoms with E-state index < -0.39 is 0 Å². The molecular formula is C17H16N2O. The first-order chi connectivity index (χ1) is 9.74. The summed E-state index contributed by atoms with van der Waals surface area (Å²) in [4.78, 5) is 14.0. The largest absolute Gasteiger partial charge is 0.375 e. The van der Waals surface area contributed by atoms with Gasteiger partial charge in [0.25, 0.3) is 5.91 Å². The molecule has 1 heterocycles. The van der Waals surface area contributed by atoms with Crippen LogP contribution >= 0.6 is 0 Å². The number of para-hydroxylation sites is 1. The Morgan fingerprint density at radius 1 is 1.05 bits per heavy atom. The van der Waals surface area contributed by atoms with Gasteiger partial charge in [0.2, 0.25) is 0 Å². The quantitative estimate of drug-likeness (QED) is 0.864. The van der Waals surface area contributed by atoms with Gasteiger partial charge in [-0.05, 0) is 11.6 Å². The third-order valence-corrected chi connectivity index (χ3v) is 3.33. The maximum atomic E-state index is 12.0. The zero-order chi connectivity index (χ0) is 13.9. The molecule has 1 amide bonds. The summed E-state index contributed by atoms with van der Waals surface area (Å²) >= 11 is 0. The molecule has 0 atom stereocenters. The van der Waals surface area contributed by atoms with Gasteiger partial charge < -0.3 is 10.2 Å². The van der Waals surface area contributed by atoms with Crippen molar-refractivity contribution < 1.29 is 4.79 Å². The average molecular weight is 264 g/mol. The molecule has 0 aliphatic carbocycles. The van der Waals surface area contributed by atoms with Crippen LogP contribution in [0, 0.1) is 0 Å². The molecule has 0 spiro atoms. The second-order valence-corrected chi connectivity index (χ2v) is 4.94. The molecule has 1 N–H and O–H groups in total. The van der Waals surface area contributed by atoms with E-state index in [1.54, 1.807) is 0 Å². The number of rotatable bonds is 3. The van der Waals surface area contributed by atoms with E-state index >= 15 is 0 Å². The van der Waals surface area contributed by atoms with Crippen molar-refractivity contribution in [2.24, 2.45) is 0 Å². The molecule has 2 aromatic carbocycles. The van der Waals surface area contributed by atoms with Crippen molar-refractivity contribution in [2.45, 2.75) is 6.54 Å². The Morgan fingerprint density at radius 3 is 2.55 bits per heavy atom. The van der Waals surface area contributed by atoms with Gasteiger partial charge in [-0.25, -0.2) is 0 Å². The van der Waals surface area contributed by atoms with Gasteiger partial charge in [0.05, 0.1) is 5.57 Å². The highest BCUT2D eigenvalue weighted by Gasteiger charge is 2.23. The molecule has 0 aromatic heterocycles. The smallest absolute Gasteiger partial charge is 0.257 e. The molecular weight excluding hydrogens is 248 g/mol. The number of amides is 1. The first-order valence-corrected chi connectivity index (χ1v) is 6.61. The van der Waals surface area contributed by atoms with Crippen LogP contribution in [-0.2, 0) is 11.3 Å². The summed E-state index contributed by atoms with van der Waals surface area (Å²) in [5.74, 6) is -0.0360. The fourth-order valence-corrected chi connectivity index (χ4v) is 2.40. The molecule has 2 aromatic rings. The lowest BCUT2D eigenvalue weighted by Gasteiger charge is -2.15. The molecule has 0 saturated carbocycles. The summed E-state index contributed by atoms with van der Waals surface area (Å²) in [6, 6.07) is 18.0. The van der Waals surface area contributed by atoms with Crippen LogP contribution in [0.5, 0.6) is 0 Å². The third-order valence-electron chi connectivity index (χ3n) is 3.33. The second kappa shape index (κ2) is 5.21. The number of hydrogen-bond donors (Lipinski definition) is 1. The fraction of sp³-hybridized carbons (Fsp3) is 0.118. The van der Waals surface area contributed by atoms with Gasteiger partial charge in [-0.15, -0.1) is 0 Å². The van der Waals surface area contributed by atoms with Crippen LogP contribution in [0.2, 0.25) is 0 Å². The van der Waals surface area contributed by atoms with E-state index in [-0.39, 0.29) is 5.91 Å². The van der Waals surface area contributed by atoms with E-state index in [1.165, 1.54) is 5.56 Å². The van der Waals surface area contributed by atoms with Crippen LogP contribution in [0.25, 0.3) is 5.57 Å². The van der Waals surface area contributed by atoms with Crippen LogP contribution in [0.15, 0.2) is 60.8 Å². The van der Waals surface area contributed by atoms with Gasteiger partial charge in [0.15, 0.2) is 0 Å². The van der Waals surface area contributed by atoms with Crippen molar-refractivity contribution in [1.29, 1.82) is 0 Å². The normalized spacial score (nSPS) is 15.1. The molecule has 0 radical (unpaired) electrons. The van der Waals surface area contributed by atoms with Crippen LogP contribution in [-0.4, -0.2) is 17.9 Å². The molecule has 0 fully saturated rings. The molecule has 3 heteroatoms. The number of benzene rings is 2. The molecule has 0 bridgehead atoms. The van der Waals surface area contributed by atoms with Crippen molar-refractivity contribution in [1.82, 2.24) is 4.90 Å². The minimum absolute atomic E-state index is 0.0360.